The van der Waals surface area contributed by atoms with Crippen molar-refractivity contribution in [1.82, 2.24) is 9.97 Å². The van der Waals surface area contributed by atoms with E-state index in [0.717, 1.165) is 13.0 Å². The zero-order valence-corrected chi connectivity index (χ0v) is 9.39. The number of hydrogen-bond acceptors (Lipinski definition) is 3. The standard InChI is InChI=1S/C11H18FN3/c1-3-4-5-6-7-13-11-14-9(2)8-10(12)15-11/h8H,3-7H2,1-2H3,(H,13,14,15). The van der Waals surface area contributed by atoms with Gasteiger partial charge in [0, 0.05) is 18.3 Å². The van der Waals surface area contributed by atoms with Gasteiger partial charge >= 0.3 is 0 Å². The molecule has 3 nitrogen and oxygen atoms in total. The van der Waals surface area contributed by atoms with Crippen LogP contribution in [0.25, 0.3) is 0 Å². The zero-order valence-electron chi connectivity index (χ0n) is 9.39. The second-order valence-corrected chi connectivity index (χ2v) is 3.64. The lowest BCUT2D eigenvalue weighted by atomic mass is 10.2. The molecule has 0 saturated heterocycles. The molecule has 0 spiro atoms. The van der Waals surface area contributed by atoms with E-state index in [1.807, 2.05) is 0 Å². The molecular weight excluding hydrogens is 193 g/mol. The summed E-state index contributed by atoms with van der Waals surface area (Å²) in [5.41, 5.74) is 0.651. The van der Waals surface area contributed by atoms with Crippen LogP contribution in [0, 0.1) is 12.9 Å². The Bertz CT molecular complexity index is 282. The van der Waals surface area contributed by atoms with Crippen molar-refractivity contribution in [1.29, 1.82) is 0 Å². The number of aryl methyl sites for hydroxylation is 1. The third-order valence-corrected chi connectivity index (χ3v) is 2.14. The van der Waals surface area contributed by atoms with Crippen LogP contribution in [0.3, 0.4) is 0 Å². The van der Waals surface area contributed by atoms with Gasteiger partial charge in [-0.3, -0.25) is 0 Å². The lowest BCUT2D eigenvalue weighted by molar-refractivity contribution is 0.578. The molecule has 0 aliphatic rings. The maximum atomic E-state index is 12.9. The molecule has 1 aromatic rings. The van der Waals surface area contributed by atoms with E-state index >= 15 is 0 Å². The number of aromatic nitrogens is 2. The predicted molar refractivity (Wildman–Crippen MR) is 59.4 cm³/mol. The van der Waals surface area contributed by atoms with E-state index in [2.05, 4.69) is 22.2 Å². The molecule has 1 rings (SSSR count). The Morgan fingerprint density at radius 2 is 2.07 bits per heavy atom. The van der Waals surface area contributed by atoms with Crippen LogP contribution in [-0.4, -0.2) is 16.5 Å². The highest BCUT2D eigenvalue weighted by Crippen LogP contribution is 2.04. The van der Waals surface area contributed by atoms with Crippen molar-refractivity contribution in [3.8, 4) is 0 Å². The van der Waals surface area contributed by atoms with Gasteiger partial charge in [0.05, 0.1) is 0 Å². The molecular formula is C11H18FN3. The monoisotopic (exact) mass is 211 g/mol. The molecule has 0 unspecified atom stereocenters. The molecule has 0 bridgehead atoms. The van der Waals surface area contributed by atoms with Crippen molar-refractivity contribution in [2.45, 2.75) is 39.5 Å². The fourth-order valence-electron chi connectivity index (χ4n) is 1.36. The van der Waals surface area contributed by atoms with Crippen LogP contribution >= 0.6 is 0 Å². The van der Waals surface area contributed by atoms with E-state index < -0.39 is 5.95 Å². The maximum Gasteiger partial charge on any atom is 0.225 e. The van der Waals surface area contributed by atoms with Gasteiger partial charge in [-0.1, -0.05) is 26.2 Å². The lowest BCUT2D eigenvalue weighted by Gasteiger charge is -2.04. The topological polar surface area (TPSA) is 37.8 Å². The van der Waals surface area contributed by atoms with Crippen LogP contribution in [0.2, 0.25) is 0 Å². The molecule has 1 aromatic heterocycles. The molecule has 0 saturated carbocycles. The Kier molecular flexibility index (Phi) is 5.01. The van der Waals surface area contributed by atoms with Gasteiger partial charge in [0.1, 0.15) is 0 Å². The number of anilines is 1. The number of nitrogens with one attached hydrogen (secondary N) is 1. The van der Waals surface area contributed by atoms with Crippen molar-refractivity contribution >= 4 is 5.95 Å². The summed E-state index contributed by atoms with van der Waals surface area (Å²) in [6.07, 6.45) is 4.73. The molecule has 0 aliphatic heterocycles. The smallest absolute Gasteiger partial charge is 0.225 e. The minimum absolute atomic E-state index is 0.393. The van der Waals surface area contributed by atoms with Crippen LogP contribution < -0.4 is 5.32 Å². The first-order chi connectivity index (χ1) is 7.22. The first kappa shape index (κ1) is 11.9. The zero-order chi connectivity index (χ0) is 11.1. The molecule has 0 amide bonds. The number of unbranched alkanes of at least 4 members (excludes halogenated alkanes) is 3. The van der Waals surface area contributed by atoms with Gasteiger partial charge in [-0.25, -0.2) is 4.98 Å². The molecule has 0 radical (unpaired) electrons. The van der Waals surface area contributed by atoms with Gasteiger partial charge in [0.2, 0.25) is 11.9 Å². The predicted octanol–water partition coefficient (Wildman–Crippen LogP) is 2.92. The highest BCUT2D eigenvalue weighted by atomic mass is 19.1. The van der Waals surface area contributed by atoms with E-state index in [9.17, 15) is 4.39 Å². The van der Waals surface area contributed by atoms with Crippen LogP contribution in [0.5, 0.6) is 0 Å². The summed E-state index contributed by atoms with van der Waals surface area (Å²) < 4.78 is 12.9. The molecule has 0 atom stereocenters. The highest BCUT2D eigenvalue weighted by Gasteiger charge is 1.99. The third kappa shape index (κ3) is 4.72. The van der Waals surface area contributed by atoms with Gasteiger partial charge in [-0.15, -0.1) is 0 Å². The minimum Gasteiger partial charge on any atom is -0.354 e. The van der Waals surface area contributed by atoms with Gasteiger partial charge in [0.25, 0.3) is 0 Å². The van der Waals surface area contributed by atoms with E-state index in [0.29, 0.717) is 11.6 Å². The van der Waals surface area contributed by atoms with Crippen molar-refractivity contribution in [2.24, 2.45) is 0 Å². The second kappa shape index (κ2) is 6.32. The number of hydrogen-bond donors (Lipinski definition) is 1. The van der Waals surface area contributed by atoms with E-state index in [1.165, 1.54) is 25.3 Å². The lowest BCUT2D eigenvalue weighted by Crippen LogP contribution is -2.07. The summed E-state index contributed by atoms with van der Waals surface area (Å²) in [5, 5.41) is 3.02. The SMILES string of the molecule is CCCCCCNc1nc(C)cc(F)n1. The Hall–Kier alpha value is -1.19. The summed E-state index contributed by atoms with van der Waals surface area (Å²) in [6.45, 7) is 4.74. The largest absolute Gasteiger partial charge is 0.354 e. The van der Waals surface area contributed by atoms with Gasteiger partial charge in [0.15, 0.2) is 0 Å². The molecule has 0 aliphatic carbocycles. The molecule has 1 heterocycles. The summed E-state index contributed by atoms with van der Waals surface area (Å²) >= 11 is 0. The Morgan fingerprint density at radius 3 is 2.73 bits per heavy atom. The highest BCUT2D eigenvalue weighted by molar-refractivity contribution is 5.24. The molecule has 84 valence electrons. The molecule has 1 N–H and O–H groups in total. The number of rotatable bonds is 6. The van der Waals surface area contributed by atoms with Crippen LogP contribution in [-0.2, 0) is 0 Å². The average molecular weight is 211 g/mol. The van der Waals surface area contributed by atoms with Crippen LogP contribution in [0.1, 0.15) is 38.3 Å². The van der Waals surface area contributed by atoms with Crippen LogP contribution in [0.15, 0.2) is 6.07 Å². The van der Waals surface area contributed by atoms with Crippen molar-refractivity contribution in [2.75, 3.05) is 11.9 Å². The van der Waals surface area contributed by atoms with E-state index in [1.54, 1.807) is 6.92 Å². The molecule has 0 fully saturated rings. The van der Waals surface area contributed by atoms with Gasteiger partial charge in [-0.2, -0.15) is 9.37 Å². The Labute approximate surface area is 90.1 Å². The van der Waals surface area contributed by atoms with Crippen molar-refractivity contribution < 1.29 is 4.39 Å². The maximum absolute atomic E-state index is 12.9. The van der Waals surface area contributed by atoms with Crippen molar-refractivity contribution in [3.63, 3.8) is 0 Å². The van der Waals surface area contributed by atoms with Gasteiger partial charge in [-0.05, 0) is 13.3 Å². The molecule has 0 aromatic carbocycles. The average Bonchev–Trinajstić information content (AvgIpc) is 2.16. The Balaban J connectivity index is 2.31. The molecule has 15 heavy (non-hydrogen) atoms. The quantitative estimate of drug-likeness (QED) is 0.580. The van der Waals surface area contributed by atoms with Crippen LogP contribution in [0.4, 0.5) is 10.3 Å². The fraction of sp³-hybridized carbons (Fsp3) is 0.636. The normalized spacial score (nSPS) is 10.3. The summed E-state index contributed by atoms with van der Waals surface area (Å²) in [6, 6.07) is 1.32. The summed E-state index contributed by atoms with van der Waals surface area (Å²) in [7, 11) is 0. The summed E-state index contributed by atoms with van der Waals surface area (Å²) in [4.78, 5) is 7.75. The summed E-state index contributed by atoms with van der Waals surface area (Å²) in [5.74, 6) is -0.0810. The van der Waals surface area contributed by atoms with Gasteiger partial charge < -0.3 is 5.32 Å². The second-order valence-electron chi connectivity index (χ2n) is 3.64. The first-order valence-electron chi connectivity index (χ1n) is 5.47. The van der Waals surface area contributed by atoms with E-state index in [-0.39, 0.29) is 0 Å². The first-order valence-corrected chi connectivity index (χ1v) is 5.47. The minimum atomic E-state index is -0.474. The van der Waals surface area contributed by atoms with E-state index in [4.69, 9.17) is 0 Å². The fourth-order valence-corrected chi connectivity index (χ4v) is 1.36. The molecule has 4 heteroatoms. The number of halogens is 1. The Morgan fingerprint density at radius 1 is 1.27 bits per heavy atom. The third-order valence-electron chi connectivity index (χ3n) is 2.14. The van der Waals surface area contributed by atoms with Crippen molar-refractivity contribution in [3.05, 3.63) is 17.7 Å². The number of nitrogens with zero attached hydrogens (tertiary/aromatic N) is 2.